The van der Waals surface area contributed by atoms with Crippen molar-refractivity contribution in [3.8, 4) is 51.1 Å². The Kier molecular flexibility index (Phi) is 8.08. The molecule has 0 aliphatic heterocycles. The van der Waals surface area contributed by atoms with Crippen molar-refractivity contribution in [1.82, 2.24) is 15.0 Å². The van der Waals surface area contributed by atoms with E-state index in [2.05, 4.69) is 134 Å². The second-order valence-electron chi connectivity index (χ2n) is 14.2. The summed E-state index contributed by atoms with van der Waals surface area (Å²) in [5, 5.41) is 13.9. The van der Waals surface area contributed by atoms with Crippen LogP contribution in [-0.4, -0.2) is 15.0 Å². The zero-order valence-corrected chi connectivity index (χ0v) is 29.9. The fraction of sp³-hybridized carbons (Fsp3) is 0.0800. The smallest absolute Gasteiger partial charge is 0.163 e. The van der Waals surface area contributed by atoms with Gasteiger partial charge in [0.25, 0.3) is 0 Å². The third kappa shape index (κ3) is 5.95. The quantitative estimate of drug-likeness (QED) is 0.172. The standard InChI is InChI=1S/C50H34N4O/c51-31-32-18-20-35(21-19-32)40-16-9-17-45-46(40)44-30-43(41-14-7-8-15-42(41)47(44)55-45)36-26-22-33(23-27-36)34-24-28-39(29-25-34)50-53-48(37-10-3-1-4-11-37)52-49(54-50)38-12-5-2-6-13-38/h1-12,14-20,22-30,35,38H,13,21H2. The highest BCUT2D eigenvalue weighted by molar-refractivity contribution is 6.20. The van der Waals surface area contributed by atoms with Crippen molar-refractivity contribution in [2.45, 2.75) is 24.7 Å². The summed E-state index contributed by atoms with van der Waals surface area (Å²) < 4.78 is 6.61. The molecular weight excluding hydrogens is 673 g/mol. The second kappa shape index (κ2) is 13.7. The number of hydrogen-bond donors (Lipinski definition) is 0. The fourth-order valence-corrected chi connectivity index (χ4v) is 7.99. The van der Waals surface area contributed by atoms with Crippen molar-refractivity contribution in [1.29, 1.82) is 5.26 Å². The lowest BCUT2D eigenvalue weighted by Gasteiger charge is -2.16. The zero-order chi connectivity index (χ0) is 36.7. The van der Waals surface area contributed by atoms with Crippen LogP contribution in [0.4, 0.5) is 0 Å². The number of furan rings is 1. The van der Waals surface area contributed by atoms with E-state index < -0.39 is 0 Å². The topological polar surface area (TPSA) is 75.6 Å². The molecule has 5 nitrogen and oxygen atoms in total. The molecular formula is C50H34N4O. The van der Waals surface area contributed by atoms with Crippen molar-refractivity contribution in [3.05, 3.63) is 187 Å². The summed E-state index contributed by atoms with van der Waals surface area (Å²) in [6.45, 7) is 0. The summed E-state index contributed by atoms with van der Waals surface area (Å²) in [4.78, 5) is 14.8. The van der Waals surface area contributed by atoms with Gasteiger partial charge in [0.15, 0.2) is 11.6 Å². The number of benzene rings is 6. The molecule has 2 unspecified atom stereocenters. The predicted molar refractivity (Wildman–Crippen MR) is 222 cm³/mol. The molecule has 0 radical (unpaired) electrons. The Morgan fingerprint density at radius 3 is 1.96 bits per heavy atom. The Bertz CT molecular complexity index is 2930. The van der Waals surface area contributed by atoms with Gasteiger partial charge >= 0.3 is 0 Å². The fourth-order valence-electron chi connectivity index (χ4n) is 7.99. The number of hydrogen-bond acceptors (Lipinski definition) is 5. The van der Waals surface area contributed by atoms with Crippen LogP contribution in [0.15, 0.2) is 180 Å². The first-order chi connectivity index (χ1) is 27.2. The van der Waals surface area contributed by atoms with Crippen LogP contribution in [0.5, 0.6) is 0 Å². The molecule has 8 aromatic rings. The summed E-state index contributed by atoms with van der Waals surface area (Å²) >= 11 is 0. The molecule has 55 heavy (non-hydrogen) atoms. The van der Waals surface area contributed by atoms with Crippen molar-refractivity contribution < 1.29 is 4.42 Å². The largest absolute Gasteiger partial charge is 0.455 e. The SMILES string of the molecule is N#CC1=CCC(c2cccc3oc4c5ccccc5c(-c5ccc(-c6ccc(-c7nc(-c8ccccc8)nc(C8C=CC=CC8)n7)cc6)cc5)cc4c23)C=C1. The van der Waals surface area contributed by atoms with E-state index in [4.69, 9.17) is 19.4 Å². The Morgan fingerprint density at radius 1 is 0.582 bits per heavy atom. The van der Waals surface area contributed by atoms with Crippen molar-refractivity contribution in [2.24, 2.45) is 0 Å². The Labute approximate surface area is 319 Å². The molecule has 0 bridgehead atoms. The molecule has 0 amide bonds. The molecule has 2 aromatic heterocycles. The van der Waals surface area contributed by atoms with Crippen molar-refractivity contribution >= 4 is 32.7 Å². The van der Waals surface area contributed by atoms with Gasteiger partial charge in [0.05, 0.1) is 6.07 Å². The number of rotatable bonds is 6. The lowest BCUT2D eigenvalue weighted by molar-refractivity contribution is 0.672. The molecule has 2 aliphatic rings. The van der Waals surface area contributed by atoms with E-state index in [0.29, 0.717) is 17.2 Å². The molecule has 260 valence electrons. The third-order valence-corrected chi connectivity index (χ3v) is 10.8. The van der Waals surface area contributed by atoms with Crippen LogP contribution in [0.25, 0.3) is 77.7 Å². The molecule has 2 heterocycles. The first kappa shape index (κ1) is 32.5. The number of nitriles is 1. The first-order valence-electron chi connectivity index (χ1n) is 18.7. The van der Waals surface area contributed by atoms with Gasteiger partial charge in [0.1, 0.15) is 17.0 Å². The van der Waals surface area contributed by atoms with Crippen LogP contribution in [0.3, 0.4) is 0 Å². The van der Waals surface area contributed by atoms with E-state index in [1.54, 1.807) is 0 Å². The second-order valence-corrected chi connectivity index (χ2v) is 14.2. The van der Waals surface area contributed by atoms with Gasteiger partial charge < -0.3 is 4.42 Å². The van der Waals surface area contributed by atoms with Crippen LogP contribution in [0.1, 0.15) is 36.1 Å². The third-order valence-electron chi connectivity index (χ3n) is 10.8. The molecule has 6 aromatic carbocycles. The maximum atomic E-state index is 9.40. The highest BCUT2D eigenvalue weighted by Crippen LogP contribution is 2.43. The summed E-state index contributed by atoms with van der Waals surface area (Å²) in [6, 6.07) is 46.9. The minimum atomic E-state index is 0.115. The van der Waals surface area contributed by atoms with Crippen LogP contribution < -0.4 is 0 Å². The van der Waals surface area contributed by atoms with E-state index in [0.717, 1.165) is 84.8 Å². The predicted octanol–water partition coefficient (Wildman–Crippen LogP) is 12.7. The van der Waals surface area contributed by atoms with Gasteiger partial charge in [0, 0.05) is 44.7 Å². The highest BCUT2D eigenvalue weighted by Gasteiger charge is 2.21. The summed E-state index contributed by atoms with van der Waals surface area (Å²) in [5.41, 5.74) is 10.2. The van der Waals surface area contributed by atoms with Gasteiger partial charge in [-0.3, -0.25) is 0 Å². The maximum Gasteiger partial charge on any atom is 0.163 e. The van der Waals surface area contributed by atoms with Crippen molar-refractivity contribution in [3.63, 3.8) is 0 Å². The van der Waals surface area contributed by atoms with Crippen LogP contribution in [0, 0.1) is 11.3 Å². The van der Waals surface area contributed by atoms with Gasteiger partial charge in [-0.15, -0.1) is 0 Å². The molecule has 0 saturated heterocycles. The molecule has 0 spiro atoms. The lowest BCUT2D eigenvalue weighted by Crippen LogP contribution is -2.07. The molecule has 0 fully saturated rings. The van der Waals surface area contributed by atoms with E-state index in [1.165, 1.54) is 5.56 Å². The first-order valence-corrected chi connectivity index (χ1v) is 18.7. The van der Waals surface area contributed by atoms with E-state index in [-0.39, 0.29) is 11.8 Å². The van der Waals surface area contributed by atoms with Crippen molar-refractivity contribution in [2.75, 3.05) is 0 Å². The molecule has 0 N–H and O–H groups in total. The van der Waals surface area contributed by atoms with Gasteiger partial charge in [0.2, 0.25) is 0 Å². The highest BCUT2D eigenvalue weighted by atomic mass is 16.3. The number of allylic oxidation sites excluding steroid dienone is 8. The van der Waals surface area contributed by atoms with Crippen LogP contribution in [0.2, 0.25) is 0 Å². The number of nitrogens with zero attached hydrogens (tertiary/aromatic N) is 4. The zero-order valence-electron chi connectivity index (χ0n) is 29.9. The normalized spacial score (nSPS) is 16.5. The Morgan fingerprint density at radius 2 is 1.27 bits per heavy atom. The van der Waals surface area contributed by atoms with Gasteiger partial charge in [-0.05, 0) is 64.3 Å². The monoisotopic (exact) mass is 706 g/mol. The number of fused-ring (bicyclic) bond motifs is 5. The van der Waals surface area contributed by atoms with Crippen LogP contribution >= 0.6 is 0 Å². The lowest BCUT2D eigenvalue weighted by atomic mass is 9.87. The van der Waals surface area contributed by atoms with Gasteiger partial charge in [-0.2, -0.15) is 5.26 Å². The Hall–Kier alpha value is -7.16. The molecule has 2 aliphatic carbocycles. The average molecular weight is 707 g/mol. The molecule has 2 atom stereocenters. The Balaban J connectivity index is 1.00. The molecule has 5 heteroatoms. The average Bonchev–Trinajstić information content (AvgIpc) is 3.66. The van der Waals surface area contributed by atoms with E-state index in [9.17, 15) is 5.26 Å². The minimum Gasteiger partial charge on any atom is -0.455 e. The summed E-state index contributed by atoms with van der Waals surface area (Å²) in [5.74, 6) is 2.43. The van der Waals surface area contributed by atoms with Gasteiger partial charge in [-0.25, -0.2) is 15.0 Å². The van der Waals surface area contributed by atoms with Gasteiger partial charge in [-0.1, -0.05) is 152 Å². The summed E-state index contributed by atoms with van der Waals surface area (Å²) in [7, 11) is 0. The molecule has 0 saturated carbocycles. The van der Waals surface area contributed by atoms with Crippen LogP contribution in [-0.2, 0) is 0 Å². The van der Waals surface area contributed by atoms with E-state index in [1.807, 2.05) is 42.5 Å². The summed E-state index contributed by atoms with van der Waals surface area (Å²) in [6.07, 6.45) is 16.2. The maximum absolute atomic E-state index is 9.40. The molecule has 10 rings (SSSR count). The number of aromatic nitrogens is 3. The van der Waals surface area contributed by atoms with E-state index >= 15 is 0 Å². The minimum absolute atomic E-state index is 0.115.